The van der Waals surface area contributed by atoms with Gasteiger partial charge in [-0.1, -0.05) is 26.2 Å². The predicted octanol–water partition coefficient (Wildman–Crippen LogP) is 1.27. The van der Waals surface area contributed by atoms with Crippen molar-refractivity contribution >= 4 is 5.91 Å². The van der Waals surface area contributed by atoms with E-state index in [0.717, 1.165) is 32.2 Å². The molecule has 1 rings (SSSR count). The van der Waals surface area contributed by atoms with E-state index >= 15 is 0 Å². The summed E-state index contributed by atoms with van der Waals surface area (Å²) in [5.74, 6) is -0.246. The molecule has 2 unspecified atom stereocenters. The third-order valence-corrected chi connectivity index (χ3v) is 3.38. The lowest BCUT2D eigenvalue weighted by Gasteiger charge is -2.31. The Bertz CT molecular complexity index is 272. The molecule has 1 amide bonds. The van der Waals surface area contributed by atoms with Crippen LogP contribution in [0.15, 0.2) is 0 Å². The van der Waals surface area contributed by atoms with Crippen LogP contribution in [0.5, 0.6) is 0 Å². The summed E-state index contributed by atoms with van der Waals surface area (Å²) in [7, 11) is 0. The molecular weight excluding hydrogens is 202 g/mol. The Kier molecular flexibility index (Phi) is 5.27. The molecular formula is C12H21N3O. The zero-order valence-corrected chi connectivity index (χ0v) is 9.98. The van der Waals surface area contributed by atoms with Gasteiger partial charge in [-0.25, -0.2) is 0 Å². The molecule has 0 radical (unpaired) electrons. The topological polar surface area (TPSA) is 70.1 Å². The fraction of sp³-hybridized carbons (Fsp3) is 0.833. The van der Waals surface area contributed by atoms with Gasteiger partial charge in [0.15, 0.2) is 0 Å². The molecule has 0 heterocycles. The van der Waals surface area contributed by atoms with Gasteiger partial charge in [0.2, 0.25) is 5.91 Å². The molecule has 2 N–H and O–H groups in total. The van der Waals surface area contributed by atoms with E-state index in [1.807, 2.05) is 6.92 Å². The minimum Gasteiger partial charge on any atom is -0.369 e. The quantitative estimate of drug-likeness (QED) is 0.729. The van der Waals surface area contributed by atoms with Gasteiger partial charge in [-0.3, -0.25) is 9.69 Å². The molecule has 1 aliphatic carbocycles. The second-order valence-electron chi connectivity index (χ2n) is 4.47. The second kappa shape index (κ2) is 6.49. The lowest BCUT2D eigenvalue weighted by atomic mass is 9.94. The second-order valence-corrected chi connectivity index (χ2v) is 4.47. The highest BCUT2D eigenvalue weighted by atomic mass is 16.1. The van der Waals surface area contributed by atoms with Crippen LogP contribution in [0.4, 0.5) is 0 Å². The van der Waals surface area contributed by atoms with Crippen LogP contribution < -0.4 is 5.73 Å². The lowest BCUT2D eigenvalue weighted by Crippen LogP contribution is -2.44. The molecule has 0 aromatic rings. The van der Waals surface area contributed by atoms with Gasteiger partial charge < -0.3 is 5.73 Å². The number of carbonyl (C=O) groups is 1. The third kappa shape index (κ3) is 3.49. The minimum atomic E-state index is -0.303. The Morgan fingerprint density at radius 1 is 1.44 bits per heavy atom. The fourth-order valence-corrected chi connectivity index (χ4v) is 2.54. The van der Waals surface area contributed by atoms with Crippen molar-refractivity contribution in [1.82, 2.24) is 4.90 Å². The predicted molar refractivity (Wildman–Crippen MR) is 62.4 cm³/mol. The average Bonchev–Trinajstić information content (AvgIpc) is 2.50. The highest BCUT2D eigenvalue weighted by Crippen LogP contribution is 2.26. The van der Waals surface area contributed by atoms with Gasteiger partial charge >= 0.3 is 0 Å². The summed E-state index contributed by atoms with van der Waals surface area (Å²) in [6.07, 6.45) is 5.44. The molecule has 90 valence electrons. The highest BCUT2D eigenvalue weighted by Gasteiger charge is 2.28. The van der Waals surface area contributed by atoms with Crippen LogP contribution in [0.2, 0.25) is 0 Å². The molecule has 0 aliphatic heterocycles. The number of amides is 1. The maximum Gasteiger partial charge on any atom is 0.231 e. The van der Waals surface area contributed by atoms with Crippen molar-refractivity contribution in [2.45, 2.75) is 45.1 Å². The summed E-state index contributed by atoms with van der Waals surface area (Å²) in [6.45, 7) is 3.08. The van der Waals surface area contributed by atoms with Crippen LogP contribution >= 0.6 is 0 Å². The standard InChI is InChI=1S/C12H21N3O/c1-2-15(9-12(14)16)11-7-5-3-4-6-10(11)8-13/h10-11H,2-7,9H2,1H3,(H2,14,16). The first-order valence-electron chi connectivity index (χ1n) is 6.11. The van der Waals surface area contributed by atoms with Crippen LogP contribution in [-0.2, 0) is 4.79 Å². The van der Waals surface area contributed by atoms with Crippen LogP contribution in [-0.4, -0.2) is 29.9 Å². The maximum absolute atomic E-state index is 11.0. The zero-order chi connectivity index (χ0) is 12.0. The smallest absolute Gasteiger partial charge is 0.231 e. The first kappa shape index (κ1) is 13.0. The van der Waals surface area contributed by atoms with Crippen LogP contribution in [0, 0.1) is 17.2 Å². The first-order chi connectivity index (χ1) is 7.69. The Hall–Kier alpha value is -1.08. The molecule has 4 heteroatoms. The summed E-state index contributed by atoms with van der Waals surface area (Å²) in [6, 6.07) is 2.60. The number of nitrogens with zero attached hydrogens (tertiary/aromatic N) is 2. The number of nitrogens with two attached hydrogens (primary N) is 1. The van der Waals surface area contributed by atoms with Gasteiger partial charge in [0, 0.05) is 6.04 Å². The Morgan fingerprint density at radius 3 is 2.69 bits per heavy atom. The van der Waals surface area contributed by atoms with Crippen molar-refractivity contribution in [1.29, 1.82) is 5.26 Å². The van der Waals surface area contributed by atoms with E-state index in [-0.39, 0.29) is 24.4 Å². The van der Waals surface area contributed by atoms with Gasteiger partial charge in [0.25, 0.3) is 0 Å². The molecule has 1 saturated carbocycles. The Balaban J connectivity index is 2.70. The van der Waals surface area contributed by atoms with Gasteiger partial charge in [-0.15, -0.1) is 0 Å². The van der Waals surface area contributed by atoms with E-state index in [1.165, 1.54) is 6.42 Å². The summed E-state index contributed by atoms with van der Waals surface area (Å²) < 4.78 is 0. The number of carbonyl (C=O) groups excluding carboxylic acids is 1. The average molecular weight is 223 g/mol. The molecule has 16 heavy (non-hydrogen) atoms. The van der Waals surface area contributed by atoms with Gasteiger partial charge in [0.1, 0.15) is 0 Å². The van der Waals surface area contributed by atoms with E-state index < -0.39 is 0 Å². The zero-order valence-electron chi connectivity index (χ0n) is 9.98. The maximum atomic E-state index is 11.0. The van der Waals surface area contributed by atoms with Crippen molar-refractivity contribution in [2.24, 2.45) is 11.7 Å². The first-order valence-corrected chi connectivity index (χ1v) is 6.11. The summed E-state index contributed by atoms with van der Waals surface area (Å²) in [4.78, 5) is 13.0. The van der Waals surface area contributed by atoms with Crippen LogP contribution in [0.3, 0.4) is 0 Å². The molecule has 0 aromatic carbocycles. The molecule has 0 spiro atoms. The third-order valence-electron chi connectivity index (χ3n) is 3.38. The van der Waals surface area contributed by atoms with Crippen molar-refractivity contribution in [3.05, 3.63) is 0 Å². The molecule has 1 fully saturated rings. The summed E-state index contributed by atoms with van der Waals surface area (Å²) >= 11 is 0. The monoisotopic (exact) mass is 223 g/mol. The number of hydrogen-bond acceptors (Lipinski definition) is 3. The number of nitriles is 1. The Morgan fingerprint density at radius 2 is 2.12 bits per heavy atom. The van der Waals surface area contributed by atoms with Crippen molar-refractivity contribution in [2.75, 3.05) is 13.1 Å². The van der Waals surface area contributed by atoms with Crippen molar-refractivity contribution < 1.29 is 4.79 Å². The van der Waals surface area contributed by atoms with Crippen LogP contribution in [0.25, 0.3) is 0 Å². The molecule has 4 nitrogen and oxygen atoms in total. The Labute approximate surface area is 97.4 Å². The van der Waals surface area contributed by atoms with E-state index in [4.69, 9.17) is 5.73 Å². The van der Waals surface area contributed by atoms with E-state index in [2.05, 4.69) is 11.0 Å². The number of likely N-dealkylation sites (N-methyl/N-ethyl adjacent to an activating group) is 1. The van der Waals surface area contributed by atoms with Crippen molar-refractivity contribution in [3.63, 3.8) is 0 Å². The van der Waals surface area contributed by atoms with Gasteiger partial charge in [-0.05, 0) is 19.4 Å². The van der Waals surface area contributed by atoms with E-state index in [0.29, 0.717) is 0 Å². The van der Waals surface area contributed by atoms with Gasteiger partial charge in [0.05, 0.1) is 18.5 Å². The number of hydrogen-bond donors (Lipinski definition) is 1. The molecule has 0 aromatic heterocycles. The van der Waals surface area contributed by atoms with E-state index in [9.17, 15) is 10.1 Å². The number of primary amides is 1. The largest absolute Gasteiger partial charge is 0.369 e. The SMILES string of the molecule is CCN(CC(N)=O)C1CCCCCC1C#N. The van der Waals surface area contributed by atoms with Gasteiger partial charge in [-0.2, -0.15) is 5.26 Å². The van der Waals surface area contributed by atoms with E-state index in [1.54, 1.807) is 0 Å². The van der Waals surface area contributed by atoms with Crippen LogP contribution in [0.1, 0.15) is 39.0 Å². The number of rotatable bonds is 4. The minimum absolute atomic E-state index is 0.0572. The lowest BCUT2D eigenvalue weighted by molar-refractivity contribution is -0.119. The normalized spacial score (nSPS) is 26.1. The molecule has 0 bridgehead atoms. The summed E-state index contributed by atoms with van der Waals surface area (Å²) in [5, 5.41) is 9.17. The summed E-state index contributed by atoms with van der Waals surface area (Å²) in [5.41, 5.74) is 5.24. The fourth-order valence-electron chi connectivity index (χ4n) is 2.54. The molecule has 0 saturated heterocycles. The molecule has 1 aliphatic rings. The van der Waals surface area contributed by atoms with Crippen molar-refractivity contribution in [3.8, 4) is 6.07 Å². The molecule has 2 atom stereocenters. The highest BCUT2D eigenvalue weighted by molar-refractivity contribution is 5.75.